The molecule has 19 heavy (non-hydrogen) atoms. The van der Waals surface area contributed by atoms with E-state index in [0.29, 0.717) is 17.9 Å². The number of carbonyl (C=O) groups is 2. The molecule has 1 aliphatic heterocycles. The van der Waals surface area contributed by atoms with Gasteiger partial charge in [-0.2, -0.15) is 0 Å². The van der Waals surface area contributed by atoms with Crippen molar-refractivity contribution >= 4 is 11.9 Å². The molecule has 2 fully saturated rings. The van der Waals surface area contributed by atoms with Gasteiger partial charge in [0.1, 0.15) is 12.3 Å². The predicted octanol–water partition coefficient (Wildman–Crippen LogP) is 2.14. The van der Waals surface area contributed by atoms with Crippen molar-refractivity contribution in [3.8, 4) is 0 Å². The lowest BCUT2D eigenvalue weighted by atomic mass is 9.84. The maximum atomic E-state index is 12.5. The monoisotopic (exact) mass is 263 g/mol. The molecule has 102 valence electrons. The van der Waals surface area contributed by atoms with E-state index < -0.39 is 12.0 Å². The van der Waals surface area contributed by atoms with Crippen LogP contribution in [0.1, 0.15) is 42.5 Å². The van der Waals surface area contributed by atoms with Crippen LogP contribution in [-0.2, 0) is 4.79 Å². The average molecular weight is 263 g/mol. The first kappa shape index (κ1) is 12.3. The van der Waals surface area contributed by atoms with E-state index in [2.05, 4.69) is 0 Å². The third-order valence-corrected chi connectivity index (χ3v) is 4.38. The number of aliphatic carboxylic acids is 1. The van der Waals surface area contributed by atoms with Crippen molar-refractivity contribution in [3.63, 3.8) is 0 Å². The molecule has 0 unspecified atom stereocenters. The summed E-state index contributed by atoms with van der Waals surface area (Å²) in [7, 11) is 0. The van der Waals surface area contributed by atoms with Gasteiger partial charge in [0.2, 0.25) is 0 Å². The van der Waals surface area contributed by atoms with Gasteiger partial charge in [0, 0.05) is 6.04 Å². The molecule has 0 bridgehead atoms. The van der Waals surface area contributed by atoms with Crippen molar-refractivity contribution in [2.24, 2.45) is 5.92 Å². The zero-order valence-electron chi connectivity index (χ0n) is 10.6. The first-order chi connectivity index (χ1) is 9.18. The normalized spacial score (nSPS) is 30.1. The van der Waals surface area contributed by atoms with Gasteiger partial charge in [-0.25, -0.2) is 4.79 Å². The summed E-state index contributed by atoms with van der Waals surface area (Å²) >= 11 is 0. The molecule has 1 N–H and O–H groups in total. The standard InChI is InChI=1S/C14H17NO4/c16-13(10-5-6-19-8-10)15-11-4-2-1-3-9(11)7-12(15)14(17)18/h5-6,8-9,11-12H,1-4,7H2,(H,17,18)/t9-,11+,12-/m0/s1. The van der Waals surface area contributed by atoms with Gasteiger partial charge in [-0.3, -0.25) is 4.79 Å². The van der Waals surface area contributed by atoms with Crippen molar-refractivity contribution in [1.82, 2.24) is 4.90 Å². The Balaban J connectivity index is 1.90. The number of hydrogen-bond donors (Lipinski definition) is 1. The maximum absolute atomic E-state index is 12.5. The Hall–Kier alpha value is -1.78. The smallest absolute Gasteiger partial charge is 0.326 e. The van der Waals surface area contributed by atoms with Crippen molar-refractivity contribution in [3.05, 3.63) is 24.2 Å². The highest BCUT2D eigenvalue weighted by molar-refractivity contribution is 5.97. The Morgan fingerprint density at radius 3 is 2.79 bits per heavy atom. The highest BCUT2D eigenvalue weighted by atomic mass is 16.4. The molecule has 0 spiro atoms. The van der Waals surface area contributed by atoms with Gasteiger partial charge in [-0.1, -0.05) is 12.8 Å². The number of carbonyl (C=O) groups excluding carboxylic acids is 1. The highest BCUT2D eigenvalue weighted by Gasteiger charge is 2.47. The SMILES string of the molecule is O=C(O)[C@@H]1C[C@@H]2CCCC[C@H]2N1C(=O)c1ccoc1. The zero-order valence-corrected chi connectivity index (χ0v) is 10.6. The first-order valence-electron chi connectivity index (χ1n) is 6.76. The second kappa shape index (κ2) is 4.72. The van der Waals surface area contributed by atoms with E-state index in [1.165, 1.54) is 12.5 Å². The average Bonchev–Trinajstić information content (AvgIpc) is 3.05. The number of rotatable bonds is 2. The number of carboxylic acid groups (broad SMARTS) is 1. The van der Waals surface area contributed by atoms with Crippen LogP contribution in [0.15, 0.2) is 23.0 Å². The van der Waals surface area contributed by atoms with E-state index in [0.717, 1.165) is 25.7 Å². The molecule has 3 rings (SSSR count). The van der Waals surface area contributed by atoms with E-state index >= 15 is 0 Å². The summed E-state index contributed by atoms with van der Waals surface area (Å²) in [5.41, 5.74) is 0.442. The Morgan fingerprint density at radius 2 is 2.11 bits per heavy atom. The third kappa shape index (κ3) is 2.03. The summed E-state index contributed by atoms with van der Waals surface area (Å²) in [6, 6.07) is 0.991. The Bertz CT molecular complexity index is 482. The topological polar surface area (TPSA) is 70.8 Å². The van der Waals surface area contributed by atoms with Gasteiger partial charge in [0.05, 0.1) is 11.8 Å². The van der Waals surface area contributed by atoms with E-state index in [4.69, 9.17) is 4.42 Å². The second-order valence-corrected chi connectivity index (χ2v) is 5.43. The molecule has 1 aromatic rings. The molecule has 3 atom stereocenters. The first-order valence-corrected chi connectivity index (χ1v) is 6.76. The molecule has 1 saturated heterocycles. The fourth-order valence-corrected chi connectivity index (χ4v) is 3.51. The second-order valence-electron chi connectivity index (χ2n) is 5.43. The lowest BCUT2D eigenvalue weighted by molar-refractivity contribution is -0.141. The van der Waals surface area contributed by atoms with Crippen LogP contribution in [0.25, 0.3) is 0 Å². The highest BCUT2D eigenvalue weighted by Crippen LogP contribution is 2.40. The van der Waals surface area contributed by atoms with Crippen LogP contribution in [0.2, 0.25) is 0 Å². The summed E-state index contributed by atoms with van der Waals surface area (Å²) < 4.78 is 4.93. The number of furan rings is 1. The Morgan fingerprint density at radius 1 is 1.32 bits per heavy atom. The molecular formula is C14H17NO4. The molecular weight excluding hydrogens is 246 g/mol. The van der Waals surface area contributed by atoms with Gasteiger partial charge >= 0.3 is 5.97 Å². The Kier molecular flexibility index (Phi) is 3.05. The summed E-state index contributed by atoms with van der Waals surface area (Å²) in [5, 5.41) is 9.36. The molecule has 0 aromatic carbocycles. The quantitative estimate of drug-likeness (QED) is 0.887. The van der Waals surface area contributed by atoms with Crippen LogP contribution in [0.3, 0.4) is 0 Å². The number of nitrogens with zero attached hydrogens (tertiary/aromatic N) is 1. The molecule has 2 heterocycles. The lowest BCUT2D eigenvalue weighted by Crippen LogP contribution is -2.46. The van der Waals surface area contributed by atoms with Gasteiger partial charge in [0.15, 0.2) is 0 Å². The maximum Gasteiger partial charge on any atom is 0.326 e. The third-order valence-electron chi connectivity index (χ3n) is 4.38. The molecule has 1 saturated carbocycles. The molecule has 0 radical (unpaired) electrons. The molecule has 2 aliphatic rings. The van der Waals surface area contributed by atoms with Crippen molar-refractivity contribution in [2.45, 2.75) is 44.2 Å². The van der Waals surface area contributed by atoms with E-state index in [1.807, 2.05) is 0 Å². The van der Waals surface area contributed by atoms with Crippen LogP contribution in [0, 0.1) is 5.92 Å². The van der Waals surface area contributed by atoms with Crippen LogP contribution >= 0.6 is 0 Å². The fraction of sp³-hybridized carbons (Fsp3) is 0.571. The number of carboxylic acids is 1. The summed E-state index contributed by atoms with van der Waals surface area (Å²) in [6.45, 7) is 0. The Labute approximate surface area is 111 Å². The predicted molar refractivity (Wildman–Crippen MR) is 66.7 cm³/mol. The zero-order chi connectivity index (χ0) is 13.4. The molecule has 1 aliphatic carbocycles. The van der Waals surface area contributed by atoms with E-state index in [1.54, 1.807) is 11.0 Å². The van der Waals surface area contributed by atoms with Crippen LogP contribution < -0.4 is 0 Å². The number of likely N-dealkylation sites (tertiary alicyclic amines) is 1. The molecule has 1 aromatic heterocycles. The minimum atomic E-state index is -0.897. The van der Waals surface area contributed by atoms with Gasteiger partial charge in [0.25, 0.3) is 5.91 Å². The lowest BCUT2D eigenvalue weighted by Gasteiger charge is -2.32. The minimum Gasteiger partial charge on any atom is -0.480 e. The summed E-state index contributed by atoms with van der Waals surface area (Å²) in [6.07, 6.45) is 7.57. The molecule has 1 amide bonds. The van der Waals surface area contributed by atoms with Crippen molar-refractivity contribution in [2.75, 3.05) is 0 Å². The van der Waals surface area contributed by atoms with Crippen molar-refractivity contribution < 1.29 is 19.1 Å². The van der Waals surface area contributed by atoms with E-state index in [-0.39, 0.29) is 11.9 Å². The fourth-order valence-electron chi connectivity index (χ4n) is 3.51. The summed E-state index contributed by atoms with van der Waals surface area (Å²) in [4.78, 5) is 25.5. The van der Waals surface area contributed by atoms with Crippen LogP contribution in [-0.4, -0.2) is 34.0 Å². The van der Waals surface area contributed by atoms with Crippen LogP contribution in [0.5, 0.6) is 0 Å². The minimum absolute atomic E-state index is 0.0808. The molecule has 5 nitrogen and oxygen atoms in total. The van der Waals surface area contributed by atoms with E-state index in [9.17, 15) is 14.7 Å². The van der Waals surface area contributed by atoms with Gasteiger partial charge < -0.3 is 14.4 Å². The van der Waals surface area contributed by atoms with Gasteiger partial charge in [-0.15, -0.1) is 0 Å². The number of hydrogen-bond acceptors (Lipinski definition) is 3. The van der Waals surface area contributed by atoms with Crippen molar-refractivity contribution in [1.29, 1.82) is 0 Å². The molecule has 5 heteroatoms. The largest absolute Gasteiger partial charge is 0.480 e. The number of amides is 1. The van der Waals surface area contributed by atoms with Crippen LogP contribution in [0.4, 0.5) is 0 Å². The summed E-state index contributed by atoms with van der Waals surface area (Å²) in [5.74, 6) is -0.771. The number of fused-ring (bicyclic) bond motifs is 1. The van der Waals surface area contributed by atoms with Gasteiger partial charge in [-0.05, 0) is 31.2 Å².